The van der Waals surface area contributed by atoms with Gasteiger partial charge in [-0.2, -0.15) is 0 Å². The molecular weight excluding hydrogens is 224 g/mol. The number of rotatable bonds is 8. The summed E-state index contributed by atoms with van der Waals surface area (Å²) < 4.78 is 5.46. The first-order chi connectivity index (χ1) is 8.67. The number of nitrogens with zero attached hydrogens (tertiary/aromatic N) is 1. The molecule has 0 saturated carbocycles. The number of hydrogen-bond donors (Lipinski definition) is 1. The van der Waals surface area contributed by atoms with Crippen LogP contribution in [0.4, 0.5) is 0 Å². The fourth-order valence-corrected chi connectivity index (χ4v) is 2.75. The van der Waals surface area contributed by atoms with Gasteiger partial charge in [-0.1, -0.05) is 13.3 Å². The molecule has 1 aliphatic rings. The number of nitrogens with one attached hydrogen (secondary N) is 1. The Labute approximate surface area is 113 Å². The van der Waals surface area contributed by atoms with E-state index in [1.165, 1.54) is 32.4 Å². The Balaban J connectivity index is 2.10. The Hall–Kier alpha value is -0.120. The molecule has 0 bridgehead atoms. The van der Waals surface area contributed by atoms with Gasteiger partial charge in [-0.25, -0.2) is 0 Å². The minimum Gasteiger partial charge on any atom is -0.380 e. The molecule has 0 amide bonds. The summed E-state index contributed by atoms with van der Waals surface area (Å²) in [5.41, 5.74) is 0. The van der Waals surface area contributed by atoms with Gasteiger partial charge < -0.3 is 15.0 Å². The Morgan fingerprint density at radius 1 is 1.28 bits per heavy atom. The topological polar surface area (TPSA) is 24.5 Å². The molecule has 1 unspecified atom stereocenters. The average molecular weight is 256 g/mol. The molecule has 1 N–H and O–H groups in total. The Morgan fingerprint density at radius 2 is 1.94 bits per heavy atom. The van der Waals surface area contributed by atoms with Crippen LogP contribution >= 0.6 is 0 Å². The first kappa shape index (κ1) is 15.9. The Kier molecular flexibility index (Phi) is 7.87. The Morgan fingerprint density at radius 3 is 2.44 bits per heavy atom. The van der Waals surface area contributed by atoms with E-state index in [2.05, 4.69) is 31.0 Å². The van der Waals surface area contributed by atoms with Gasteiger partial charge in [0.25, 0.3) is 0 Å². The second-order valence-corrected chi connectivity index (χ2v) is 5.88. The highest BCUT2D eigenvalue weighted by Gasteiger charge is 2.20. The van der Waals surface area contributed by atoms with E-state index in [0.717, 1.165) is 25.4 Å². The van der Waals surface area contributed by atoms with Crippen molar-refractivity contribution in [2.45, 2.75) is 58.6 Å². The zero-order valence-corrected chi connectivity index (χ0v) is 12.7. The zero-order chi connectivity index (χ0) is 13.4. The van der Waals surface area contributed by atoms with Gasteiger partial charge in [0, 0.05) is 19.7 Å². The smallest absolute Gasteiger partial charge is 0.0695 e. The first-order valence-electron chi connectivity index (χ1n) is 7.64. The van der Waals surface area contributed by atoms with Crippen molar-refractivity contribution in [2.24, 2.45) is 5.92 Å². The van der Waals surface area contributed by atoms with Crippen molar-refractivity contribution >= 4 is 0 Å². The van der Waals surface area contributed by atoms with Gasteiger partial charge in [-0.3, -0.25) is 0 Å². The molecule has 3 nitrogen and oxygen atoms in total. The quantitative estimate of drug-likeness (QED) is 0.722. The minimum atomic E-state index is 0.394. The van der Waals surface area contributed by atoms with Crippen LogP contribution in [-0.4, -0.2) is 50.3 Å². The average Bonchev–Trinajstić information content (AvgIpc) is 2.38. The Bertz CT molecular complexity index is 201. The summed E-state index contributed by atoms with van der Waals surface area (Å²) in [6.45, 7) is 11.5. The van der Waals surface area contributed by atoms with Gasteiger partial charge >= 0.3 is 0 Å². The number of hydrogen-bond acceptors (Lipinski definition) is 3. The molecule has 1 rings (SSSR count). The van der Waals surface area contributed by atoms with Crippen LogP contribution in [0, 0.1) is 5.92 Å². The summed E-state index contributed by atoms with van der Waals surface area (Å²) in [5, 5.41) is 3.59. The van der Waals surface area contributed by atoms with E-state index < -0.39 is 0 Å². The van der Waals surface area contributed by atoms with Gasteiger partial charge in [0.05, 0.1) is 6.10 Å². The van der Waals surface area contributed by atoms with Crippen LogP contribution in [0.2, 0.25) is 0 Å². The van der Waals surface area contributed by atoms with E-state index in [1.807, 2.05) is 7.11 Å². The number of ether oxygens (including phenoxy) is 1. The van der Waals surface area contributed by atoms with Crippen molar-refractivity contribution in [3.8, 4) is 0 Å². The van der Waals surface area contributed by atoms with Crippen LogP contribution in [0.1, 0.15) is 46.5 Å². The summed E-state index contributed by atoms with van der Waals surface area (Å²) >= 11 is 0. The number of piperidine rings is 1. The first-order valence-corrected chi connectivity index (χ1v) is 7.64. The third-order valence-corrected chi connectivity index (χ3v) is 4.13. The van der Waals surface area contributed by atoms with E-state index >= 15 is 0 Å². The predicted octanol–water partition coefficient (Wildman–Crippen LogP) is 2.51. The molecule has 1 atom stereocenters. The molecule has 0 aliphatic carbocycles. The minimum absolute atomic E-state index is 0.394. The molecule has 1 saturated heterocycles. The SMILES string of the molecule is CCCC(CNCC1CCN(C(C)C)CC1)OC. The zero-order valence-electron chi connectivity index (χ0n) is 12.7. The van der Waals surface area contributed by atoms with Crippen LogP contribution in [0.5, 0.6) is 0 Å². The molecule has 0 aromatic rings. The highest BCUT2D eigenvalue weighted by molar-refractivity contribution is 4.76. The van der Waals surface area contributed by atoms with E-state index in [-0.39, 0.29) is 0 Å². The molecule has 0 aromatic heterocycles. The van der Waals surface area contributed by atoms with Gasteiger partial charge in [0.2, 0.25) is 0 Å². The molecule has 1 aliphatic heterocycles. The monoisotopic (exact) mass is 256 g/mol. The summed E-state index contributed by atoms with van der Waals surface area (Å²) in [5.74, 6) is 0.860. The van der Waals surface area contributed by atoms with Crippen molar-refractivity contribution < 1.29 is 4.74 Å². The van der Waals surface area contributed by atoms with Crippen LogP contribution in [0.3, 0.4) is 0 Å². The molecule has 1 heterocycles. The molecule has 0 radical (unpaired) electrons. The van der Waals surface area contributed by atoms with Crippen molar-refractivity contribution in [1.82, 2.24) is 10.2 Å². The maximum Gasteiger partial charge on any atom is 0.0695 e. The van der Waals surface area contributed by atoms with Crippen LogP contribution < -0.4 is 5.32 Å². The van der Waals surface area contributed by atoms with Crippen LogP contribution in [-0.2, 0) is 4.74 Å². The van der Waals surface area contributed by atoms with Crippen LogP contribution in [0.15, 0.2) is 0 Å². The van der Waals surface area contributed by atoms with Gasteiger partial charge in [0.1, 0.15) is 0 Å². The van der Waals surface area contributed by atoms with Gasteiger partial charge in [-0.15, -0.1) is 0 Å². The maximum absolute atomic E-state index is 5.46. The van der Waals surface area contributed by atoms with E-state index in [1.54, 1.807) is 0 Å². The fourth-order valence-electron chi connectivity index (χ4n) is 2.75. The summed E-state index contributed by atoms with van der Waals surface area (Å²) in [4.78, 5) is 2.59. The second-order valence-electron chi connectivity index (χ2n) is 5.88. The highest BCUT2D eigenvalue weighted by atomic mass is 16.5. The van der Waals surface area contributed by atoms with Gasteiger partial charge in [0.15, 0.2) is 0 Å². The molecule has 108 valence electrons. The van der Waals surface area contributed by atoms with E-state index in [4.69, 9.17) is 4.74 Å². The van der Waals surface area contributed by atoms with E-state index in [0.29, 0.717) is 12.1 Å². The van der Waals surface area contributed by atoms with Gasteiger partial charge in [-0.05, 0) is 58.7 Å². The molecule has 3 heteroatoms. The lowest BCUT2D eigenvalue weighted by Gasteiger charge is -2.34. The number of likely N-dealkylation sites (tertiary alicyclic amines) is 1. The molecule has 1 fully saturated rings. The van der Waals surface area contributed by atoms with Crippen molar-refractivity contribution in [1.29, 1.82) is 0 Å². The molecule has 0 aromatic carbocycles. The molecule has 0 spiro atoms. The van der Waals surface area contributed by atoms with E-state index in [9.17, 15) is 0 Å². The predicted molar refractivity (Wildman–Crippen MR) is 78.0 cm³/mol. The summed E-state index contributed by atoms with van der Waals surface area (Å²) in [7, 11) is 1.82. The summed E-state index contributed by atoms with van der Waals surface area (Å²) in [6.07, 6.45) is 5.45. The second kappa shape index (κ2) is 8.89. The van der Waals surface area contributed by atoms with Crippen LogP contribution in [0.25, 0.3) is 0 Å². The lowest BCUT2D eigenvalue weighted by Crippen LogP contribution is -2.41. The normalized spacial score (nSPS) is 20.5. The standard InChI is InChI=1S/C15H32N2O/c1-5-6-15(18-4)12-16-11-14-7-9-17(10-8-14)13(2)3/h13-16H,5-12H2,1-4H3. The van der Waals surface area contributed by atoms with Crippen molar-refractivity contribution in [3.63, 3.8) is 0 Å². The molecular formula is C15H32N2O. The van der Waals surface area contributed by atoms with Crippen molar-refractivity contribution in [2.75, 3.05) is 33.3 Å². The fraction of sp³-hybridized carbons (Fsp3) is 1.00. The summed E-state index contributed by atoms with van der Waals surface area (Å²) in [6, 6.07) is 0.710. The lowest BCUT2D eigenvalue weighted by atomic mass is 9.96. The highest BCUT2D eigenvalue weighted by Crippen LogP contribution is 2.18. The number of methoxy groups -OCH3 is 1. The molecule has 18 heavy (non-hydrogen) atoms. The lowest BCUT2D eigenvalue weighted by molar-refractivity contribution is 0.0903. The third kappa shape index (κ3) is 5.68. The largest absolute Gasteiger partial charge is 0.380 e. The maximum atomic E-state index is 5.46. The van der Waals surface area contributed by atoms with Crippen molar-refractivity contribution in [3.05, 3.63) is 0 Å². The third-order valence-electron chi connectivity index (χ3n) is 4.13.